The smallest absolute Gasteiger partial charge is 0.0640 e. The standard InChI is InChI=1S/C15H21N3S/c1-12-4-6-15(7-5-12)19-11-14(16-2)10-13-8-9-18(3)17-13/h4-9,14,16H,10-11H2,1-3H3. The first-order valence-corrected chi connectivity index (χ1v) is 7.51. The number of benzene rings is 1. The number of aryl methyl sites for hydroxylation is 2. The van der Waals surface area contributed by atoms with Gasteiger partial charge in [-0.05, 0) is 32.2 Å². The molecule has 0 saturated carbocycles. The van der Waals surface area contributed by atoms with Crippen molar-refractivity contribution in [3.8, 4) is 0 Å². The maximum Gasteiger partial charge on any atom is 0.0640 e. The van der Waals surface area contributed by atoms with E-state index >= 15 is 0 Å². The molecular weight excluding hydrogens is 254 g/mol. The van der Waals surface area contributed by atoms with Crippen molar-refractivity contribution in [2.24, 2.45) is 7.05 Å². The molecule has 0 aliphatic rings. The highest BCUT2D eigenvalue weighted by Crippen LogP contribution is 2.20. The van der Waals surface area contributed by atoms with Crippen LogP contribution in [0.2, 0.25) is 0 Å². The average Bonchev–Trinajstić information content (AvgIpc) is 2.82. The maximum atomic E-state index is 4.43. The summed E-state index contributed by atoms with van der Waals surface area (Å²) >= 11 is 1.89. The van der Waals surface area contributed by atoms with Gasteiger partial charge in [0.1, 0.15) is 0 Å². The summed E-state index contributed by atoms with van der Waals surface area (Å²) in [5, 5.41) is 7.80. The van der Waals surface area contributed by atoms with Crippen molar-refractivity contribution in [2.75, 3.05) is 12.8 Å². The van der Waals surface area contributed by atoms with Crippen LogP contribution in [0.4, 0.5) is 0 Å². The van der Waals surface area contributed by atoms with Gasteiger partial charge in [0.15, 0.2) is 0 Å². The Balaban J connectivity index is 1.87. The van der Waals surface area contributed by atoms with Gasteiger partial charge in [-0.25, -0.2) is 0 Å². The summed E-state index contributed by atoms with van der Waals surface area (Å²) in [5.41, 5.74) is 2.45. The Kier molecular flexibility index (Phi) is 5.05. The van der Waals surface area contributed by atoms with Crippen molar-refractivity contribution >= 4 is 11.8 Å². The number of likely N-dealkylation sites (N-methyl/N-ethyl adjacent to an activating group) is 1. The number of aromatic nitrogens is 2. The maximum absolute atomic E-state index is 4.43. The number of hydrogen-bond donors (Lipinski definition) is 1. The van der Waals surface area contributed by atoms with Crippen molar-refractivity contribution in [1.29, 1.82) is 0 Å². The lowest BCUT2D eigenvalue weighted by Crippen LogP contribution is -2.30. The molecule has 4 heteroatoms. The van der Waals surface area contributed by atoms with Crippen molar-refractivity contribution in [1.82, 2.24) is 15.1 Å². The lowest BCUT2D eigenvalue weighted by atomic mass is 10.2. The molecule has 1 aromatic heterocycles. The van der Waals surface area contributed by atoms with E-state index in [1.807, 2.05) is 36.7 Å². The number of nitrogens with one attached hydrogen (secondary N) is 1. The average molecular weight is 275 g/mol. The first kappa shape index (κ1) is 14.2. The normalized spacial score (nSPS) is 12.6. The SMILES string of the molecule is CNC(CSc1ccc(C)cc1)Cc1ccn(C)n1. The topological polar surface area (TPSA) is 29.9 Å². The molecule has 0 radical (unpaired) electrons. The molecule has 2 rings (SSSR count). The summed E-state index contributed by atoms with van der Waals surface area (Å²) in [5.74, 6) is 1.05. The molecule has 0 aliphatic heterocycles. The van der Waals surface area contributed by atoms with Crippen LogP contribution in [-0.4, -0.2) is 28.6 Å². The molecule has 0 spiro atoms. The predicted molar refractivity (Wildman–Crippen MR) is 81.7 cm³/mol. The molecule has 19 heavy (non-hydrogen) atoms. The second kappa shape index (κ2) is 6.78. The van der Waals surface area contributed by atoms with Crippen molar-refractivity contribution in [3.05, 3.63) is 47.8 Å². The summed E-state index contributed by atoms with van der Waals surface area (Å²) in [4.78, 5) is 1.33. The monoisotopic (exact) mass is 275 g/mol. The zero-order chi connectivity index (χ0) is 13.7. The van der Waals surface area contributed by atoms with Gasteiger partial charge in [-0.15, -0.1) is 11.8 Å². The molecule has 1 heterocycles. The van der Waals surface area contributed by atoms with Crippen LogP contribution in [-0.2, 0) is 13.5 Å². The van der Waals surface area contributed by atoms with E-state index in [0.29, 0.717) is 6.04 Å². The molecule has 2 aromatic rings. The molecular formula is C15H21N3S. The van der Waals surface area contributed by atoms with Crippen molar-refractivity contribution in [2.45, 2.75) is 24.3 Å². The van der Waals surface area contributed by atoms with E-state index in [4.69, 9.17) is 0 Å². The molecule has 1 aromatic carbocycles. The Morgan fingerprint density at radius 1 is 1.26 bits per heavy atom. The van der Waals surface area contributed by atoms with Crippen molar-refractivity contribution in [3.63, 3.8) is 0 Å². The lowest BCUT2D eigenvalue weighted by molar-refractivity contribution is 0.600. The van der Waals surface area contributed by atoms with Gasteiger partial charge in [0.25, 0.3) is 0 Å². The van der Waals surface area contributed by atoms with Gasteiger partial charge < -0.3 is 5.32 Å². The third kappa shape index (κ3) is 4.40. The zero-order valence-electron chi connectivity index (χ0n) is 11.8. The minimum atomic E-state index is 0.446. The molecule has 0 aliphatic carbocycles. The van der Waals surface area contributed by atoms with Gasteiger partial charge in [0.05, 0.1) is 5.69 Å². The number of nitrogens with zero attached hydrogens (tertiary/aromatic N) is 2. The van der Waals surface area contributed by atoms with Crippen LogP contribution in [0.3, 0.4) is 0 Å². The third-order valence-electron chi connectivity index (χ3n) is 3.10. The highest BCUT2D eigenvalue weighted by atomic mass is 32.2. The van der Waals surface area contributed by atoms with Crippen LogP contribution in [0.1, 0.15) is 11.3 Å². The van der Waals surface area contributed by atoms with E-state index in [1.165, 1.54) is 10.5 Å². The Labute approximate surface area is 119 Å². The fourth-order valence-corrected chi connectivity index (χ4v) is 2.91. The van der Waals surface area contributed by atoms with E-state index in [0.717, 1.165) is 17.9 Å². The highest BCUT2D eigenvalue weighted by Gasteiger charge is 2.09. The quantitative estimate of drug-likeness (QED) is 0.822. The largest absolute Gasteiger partial charge is 0.316 e. The fourth-order valence-electron chi connectivity index (χ4n) is 1.90. The Bertz CT molecular complexity index is 504. The molecule has 3 nitrogen and oxygen atoms in total. The van der Waals surface area contributed by atoms with E-state index in [1.54, 1.807) is 0 Å². The molecule has 0 amide bonds. The summed E-state index contributed by atoms with van der Waals surface area (Å²) in [6.07, 6.45) is 2.96. The molecule has 0 fully saturated rings. The Morgan fingerprint density at radius 2 is 2.00 bits per heavy atom. The molecule has 0 bridgehead atoms. The zero-order valence-corrected chi connectivity index (χ0v) is 12.6. The Hall–Kier alpha value is -1.26. The van der Waals surface area contributed by atoms with Gasteiger partial charge in [-0.2, -0.15) is 5.10 Å². The molecule has 102 valence electrons. The lowest BCUT2D eigenvalue weighted by Gasteiger charge is -2.14. The highest BCUT2D eigenvalue weighted by molar-refractivity contribution is 7.99. The minimum absolute atomic E-state index is 0.446. The summed E-state index contributed by atoms with van der Waals surface area (Å²) in [7, 11) is 3.97. The van der Waals surface area contributed by atoms with E-state index in [-0.39, 0.29) is 0 Å². The van der Waals surface area contributed by atoms with Crippen LogP contribution in [0.5, 0.6) is 0 Å². The Morgan fingerprint density at radius 3 is 2.58 bits per heavy atom. The van der Waals surface area contributed by atoms with Crippen LogP contribution < -0.4 is 5.32 Å². The van der Waals surface area contributed by atoms with Gasteiger partial charge >= 0.3 is 0 Å². The van der Waals surface area contributed by atoms with Crippen molar-refractivity contribution < 1.29 is 0 Å². The molecule has 1 unspecified atom stereocenters. The molecule has 1 atom stereocenters. The van der Waals surface area contributed by atoms with Crippen LogP contribution in [0.25, 0.3) is 0 Å². The minimum Gasteiger partial charge on any atom is -0.316 e. The second-order valence-electron chi connectivity index (χ2n) is 4.79. The first-order valence-electron chi connectivity index (χ1n) is 6.52. The van der Waals surface area contributed by atoms with E-state index in [2.05, 4.69) is 47.7 Å². The van der Waals surface area contributed by atoms with Gasteiger partial charge in [-0.1, -0.05) is 17.7 Å². The first-order chi connectivity index (χ1) is 9.17. The number of thioether (sulfide) groups is 1. The summed E-state index contributed by atoms with van der Waals surface area (Å²) in [6, 6.07) is 11.2. The second-order valence-corrected chi connectivity index (χ2v) is 5.89. The van der Waals surface area contributed by atoms with Crippen LogP contribution in [0, 0.1) is 6.92 Å². The fraction of sp³-hybridized carbons (Fsp3) is 0.400. The number of hydrogen-bond acceptors (Lipinski definition) is 3. The van der Waals surface area contributed by atoms with Crippen LogP contribution in [0.15, 0.2) is 41.4 Å². The van der Waals surface area contributed by atoms with Gasteiger partial charge in [-0.3, -0.25) is 4.68 Å². The van der Waals surface area contributed by atoms with E-state index in [9.17, 15) is 0 Å². The summed E-state index contributed by atoms with van der Waals surface area (Å²) in [6.45, 7) is 2.12. The summed E-state index contributed by atoms with van der Waals surface area (Å²) < 4.78 is 1.86. The predicted octanol–water partition coefficient (Wildman–Crippen LogP) is 2.65. The van der Waals surface area contributed by atoms with Gasteiger partial charge in [0, 0.05) is 36.4 Å². The van der Waals surface area contributed by atoms with Gasteiger partial charge in [0.2, 0.25) is 0 Å². The number of rotatable bonds is 6. The van der Waals surface area contributed by atoms with Crippen LogP contribution >= 0.6 is 11.8 Å². The van der Waals surface area contributed by atoms with E-state index < -0.39 is 0 Å². The molecule has 0 saturated heterocycles. The third-order valence-corrected chi connectivity index (χ3v) is 4.28. The molecule has 1 N–H and O–H groups in total.